The van der Waals surface area contributed by atoms with Crippen LogP contribution in [0, 0.1) is 41.3 Å². The van der Waals surface area contributed by atoms with Gasteiger partial charge in [-0.05, 0) is 79.7 Å². The highest BCUT2D eigenvalue weighted by atomic mass is 19.1. The molecule has 31 heavy (non-hydrogen) atoms. The van der Waals surface area contributed by atoms with E-state index in [1.807, 2.05) is 18.2 Å². The second kappa shape index (κ2) is 8.22. The molecule has 2 aromatic rings. The summed E-state index contributed by atoms with van der Waals surface area (Å²) in [5.41, 5.74) is 2.62. The van der Waals surface area contributed by atoms with Crippen molar-refractivity contribution in [3.8, 4) is 11.1 Å². The van der Waals surface area contributed by atoms with Crippen LogP contribution >= 0.6 is 0 Å². The van der Waals surface area contributed by atoms with E-state index in [2.05, 4.69) is 31.0 Å². The first-order chi connectivity index (χ1) is 15.0. The van der Waals surface area contributed by atoms with E-state index >= 15 is 0 Å². The van der Waals surface area contributed by atoms with Crippen LogP contribution in [0.5, 0.6) is 0 Å². The molecule has 0 N–H and O–H groups in total. The van der Waals surface area contributed by atoms with Gasteiger partial charge in [0.15, 0.2) is 0 Å². The molecule has 1 saturated heterocycles. The van der Waals surface area contributed by atoms with Crippen LogP contribution in [-0.4, -0.2) is 17.1 Å². The molecule has 1 aromatic heterocycles. The van der Waals surface area contributed by atoms with Gasteiger partial charge in [-0.15, -0.1) is 0 Å². The van der Waals surface area contributed by atoms with Crippen molar-refractivity contribution < 1.29 is 13.9 Å². The molecule has 0 spiro atoms. The van der Waals surface area contributed by atoms with Crippen LogP contribution in [0.4, 0.5) is 4.39 Å². The zero-order valence-electron chi connectivity index (χ0n) is 18.2. The lowest BCUT2D eigenvalue weighted by Crippen LogP contribution is -2.43. The Labute approximate surface area is 183 Å². The van der Waals surface area contributed by atoms with Gasteiger partial charge in [-0.2, -0.15) is 0 Å². The number of fused-ring (bicyclic) bond motifs is 2. The molecule has 3 aliphatic rings. The molecular weight excluding hydrogens is 389 g/mol. The van der Waals surface area contributed by atoms with E-state index in [1.54, 1.807) is 12.3 Å². The number of hydrogen-bond acceptors (Lipinski definition) is 3. The number of benzene rings is 1. The number of allylic oxidation sites excluding steroid dienone is 1. The number of esters is 1. The van der Waals surface area contributed by atoms with E-state index in [-0.39, 0.29) is 29.7 Å². The van der Waals surface area contributed by atoms with Gasteiger partial charge < -0.3 is 4.74 Å². The normalized spacial score (nSPS) is 34.9. The topological polar surface area (TPSA) is 39.2 Å². The second-order valence-electron chi connectivity index (χ2n) is 9.82. The van der Waals surface area contributed by atoms with Crippen molar-refractivity contribution in [3.05, 3.63) is 60.2 Å². The monoisotopic (exact) mass is 419 g/mol. The van der Waals surface area contributed by atoms with Crippen LogP contribution in [0.1, 0.15) is 45.2 Å². The maximum absolute atomic E-state index is 13.5. The average molecular weight is 420 g/mol. The van der Waals surface area contributed by atoms with Gasteiger partial charge in [0.1, 0.15) is 11.9 Å². The molecule has 1 unspecified atom stereocenters. The molecule has 1 aliphatic heterocycles. The number of hydrogen-bond donors (Lipinski definition) is 0. The third-order valence-electron chi connectivity index (χ3n) is 7.84. The fourth-order valence-corrected chi connectivity index (χ4v) is 6.40. The lowest BCUT2D eigenvalue weighted by molar-refractivity contribution is -0.144. The van der Waals surface area contributed by atoms with E-state index in [9.17, 15) is 9.18 Å². The largest absolute Gasteiger partial charge is 0.462 e. The summed E-state index contributed by atoms with van der Waals surface area (Å²) < 4.78 is 19.2. The van der Waals surface area contributed by atoms with Crippen molar-refractivity contribution in [1.29, 1.82) is 0 Å². The minimum atomic E-state index is -0.243. The SMILES string of the molecule is CC1CC[C@@H]2[C@@H](C1)C[C@H]1C(=O)O[C@H](C)[C@H]1[C@H]2/C=C/c1ccc(-c2cccc(F)c2)cn1. The Morgan fingerprint density at radius 3 is 2.74 bits per heavy atom. The molecule has 2 saturated carbocycles. The van der Waals surface area contributed by atoms with E-state index < -0.39 is 0 Å². The molecule has 0 radical (unpaired) electrons. The first kappa shape index (κ1) is 20.4. The van der Waals surface area contributed by atoms with Crippen molar-refractivity contribution in [2.24, 2.45) is 35.5 Å². The molecule has 7 atom stereocenters. The lowest BCUT2D eigenvalue weighted by Gasteiger charge is -2.47. The van der Waals surface area contributed by atoms with Gasteiger partial charge in [-0.1, -0.05) is 37.6 Å². The molecule has 3 nitrogen and oxygen atoms in total. The predicted octanol–water partition coefficient (Wildman–Crippen LogP) is 6.15. The first-order valence-corrected chi connectivity index (χ1v) is 11.6. The van der Waals surface area contributed by atoms with Crippen molar-refractivity contribution in [3.63, 3.8) is 0 Å². The second-order valence-corrected chi connectivity index (χ2v) is 9.82. The number of nitrogens with zero attached hydrogens (tertiary/aromatic N) is 1. The summed E-state index contributed by atoms with van der Waals surface area (Å²) in [5, 5.41) is 0. The van der Waals surface area contributed by atoms with Crippen molar-refractivity contribution in [1.82, 2.24) is 4.98 Å². The molecule has 2 heterocycles. The van der Waals surface area contributed by atoms with E-state index in [0.29, 0.717) is 17.8 Å². The van der Waals surface area contributed by atoms with Crippen LogP contribution in [0.15, 0.2) is 48.7 Å². The van der Waals surface area contributed by atoms with Gasteiger partial charge in [0, 0.05) is 17.7 Å². The summed E-state index contributed by atoms with van der Waals surface area (Å²) in [7, 11) is 0. The van der Waals surface area contributed by atoms with Crippen LogP contribution in [0.3, 0.4) is 0 Å². The average Bonchev–Trinajstić information content (AvgIpc) is 3.04. The minimum Gasteiger partial charge on any atom is -0.462 e. The fraction of sp³-hybridized carbons (Fsp3) is 0.481. The van der Waals surface area contributed by atoms with Gasteiger partial charge in [0.25, 0.3) is 0 Å². The van der Waals surface area contributed by atoms with Crippen molar-refractivity contribution in [2.45, 2.75) is 45.6 Å². The van der Waals surface area contributed by atoms with Crippen LogP contribution in [0.25, 0.3) is 17.2 Å². The van der Waals surface area contributed by atoms with Crippen LogP contribution in [-0.2, 0) is 9.53 Å². The third-order valence-corrected chi connectivity index (χ3v) is 7.84. The highest BCUT2D eigenvalue weighted by Gasteiger charge is 2.54. The third kappa shape index (κ3) is 3.93. The Kier molecular flexibility index (Phi) is 5.41. The number of cyclic esters (lactones) is 1. The summed E-state index contributed by atoms with van der Waals surface area (Å²) in [6.07, 6.45) is 10.9. The Morgan fingerprint density at radius 1 is 1.10 bits per heavy atom. The van der Waals surface area contributed by atoms with E-state index in [0.717, 1.165) is 29.2 Å². The summed E-state index contributed by atoms with van der Waals surface area (Å²) in [5.74, 6) is 2.40. The maximum Gasteiger partial charge on any atom is 0.309 e. The molecule has 0 amide bonds. The van der Waals surface area contributed by atoms with Crippen molar-refractivity contribution in [2.75, 3.05) is 0 Å². The first-order valence-electron chi connectivity index (χ1n) is 11.6. The predicted molar refractivity (Wildman–Crippen MR) is 119 cm³/mol. The van der Waals surface area contributed by atoms with Gasteiger partial charge in [-0.3, -0.25) is 9.78 Å². The Hall–Kier alpha value is -2.49. The maximum atomic E-state index is 13.5. The molecule has 5 rings (SSSR count). The molecule has 4 heteroatoms. The highest BCUT2D eigenvalue weighted by Crippen LogP contribution is 2.54. The smallest absolute Gasteiger partial charge is 0.309 e. The Morgan fingerprint density at radius 2 is 1.97 bits per heavy atom. The number of ether oxygens (including phenoxy) is 1. The molecule has 2 aliphatic carbocycles. The lowest BCUT2D eigenvalue weighted by atomic mass is 9.56. The summed E-state index contributed by atoms with van der Waals surface area (Å²) in [6.45, 7) is 4.40. The van der Waals surface area contributed by atoms with E-state index in [1.165, 1.54) is 31.4 Å². The summed E-state index contributed by atoms with van der Waals surface area (Å²) in [6, 6.07) is 10.5. The van der Waals surface area contributed by atoms with Crippen LogP contribution in [0.2, 0.25) is 0 Å². The molecule has 0 bridgehead atoms. The van der Waals surface area contributed by atoms with Gasteiger partial charge in [0.05, 0.1) is 11.6 Å². The summed E-state index contributed by atoms with van der Waals surface area (Å²) in [4.78, 5) is 17.1. The number of carbonyl (C=O) groups excluding carboxylic acids is 1. The standard InChI is InChI=1S/C27H30FNO2/c1-16-6-10-23-20(12-16)14-25-26(17(2)31-27(25)30)24(23)11-9-22-8-7-19(15-29-22)18-4-3-5-21(28)13-18/h3-5,7-9,11,13,15-17,20,23-26H,6,10,12,14H2,1-2H3/b11-9+/t16?,17-,20+,23-,24+,25-,26+/m1/s1. The fourth-order valence-electron chi connectivity index (χ4n) is 6.40. The van der Waals surface area contributed by atoms with E-state index in [4.69, 9.17) is 4.74 Å². The zero-order valence-corrected chi connectivity index (χ0v) is 18.2. The number of pyridine rings is 1. The van der Waals surface area contributed by atoms with Gasteiger partial charge in [-0.25, -0.2) is 4.39 Å². The number of carbonyl (C=O) groups is 1. The van der Waals surface area contributed by atoms with Gasteiger partial charge >= 0.3 is 5.97 Å². The number of halogens is 1. The quantitative estimate of drug-likeness (QED) is 0.560. The number of rotatable bonds is 3. The number of aromatic nitrogens is 1. The Bertz CT molecular complexity index is 985. The zero-order chi connectivity index (χ0) is 21.5. The minimum absolute atomic E-state index is 0.00477. The summed E-state index contributed by atoms with van der Waals surface area (Å²) >= 11 is 0. The van der Waals surface area contributed by atoms with Crippen LogP contribution < -0.4 is 0 Å². The molecule has 3 fully saturated rings. The molecule has 162 valence electrons. The van der Waals surface area contributed by atoms with Gasteiger partial charge in [0.2, 0.25) is 0 Å². The highest BCUT2D eigenvalue weighted by molar-refractivity contribution is 5.75. The molecular formula is C27H30FNO2. The van der Waals surface area contributed by atoms with Crippen molar-refractivity contribution >= 4 is 12.0 Å². The Balaban J connectivity index is 1.39. The molecule has 1 aromatic carbocycles.